The Morgan fingerprint density at radius 2 is 1.91 bits per heavy atom. The van der Waals surface area contributed by atoms with Gasteiger partial charge in [-0.15, -0.1) is 0 Å². The van der Waals surface area contributed by atoms with E-state index in [1.807, 2.05) is 38.1 Å². The summed E-state index contributed by atoms with van der Waals surface area (Å²) >= 11 is 0. The van der Waals surface area contributed by atoms with Crippen LogP contribution in [0.5, 0.6) is 5.75 Å². The van der Waals surface area contributed by atoms with Crippen molar-refractivity contribution in [3.05, 3.63) is 24.3 Å². The Labute approximate surface area is 132 Å². The molecule has 122 valence electrons. The van der Waals surface area contributed by atoms with Crippen molar-refractivity contribution in [1.29, 1.82) is 0 Å². The summed E-state index contributed by atoms with van der Waals surface area (Å²) in [6.45, 7) is 7.52. The third kappa shape index (κ3) is 5.56. The number of hydrogen-bond donors (Lipinski definition) is 1. The normalized spacial score (nSPS) is 16.8. The molecule has 0 bridgehead atoms. The molecule has 1 aromatic carbocycles. The van der Waals surface area contributed by atoms with Gasteiger partial charge in [-0.3, -0.25) is 10.2 Å². The molecule has 1 N–H and O–H groups in total. The predicted octanol–water partition coefficient (Wildman–Crippen LogP) is 3.51. The molecule has 0 unspecified atom stereocenters. The van der Waals surface area contributed by atoms with Gasteiger partial charge in [0.25, 0.3) is 0 Å². The summed E-state index contributed by atoms with van der Waals surface area (Å²) in [7, 11) is 0. The second kappa shape index (κ2) is 8.63. The molecule has 5 heteroatoms. The summed E-state index contributed by atoms with van der Waals surface area (Å²) < 4.78 is 10.8. The molecule has 1 heterocycles. The summed E-state index contributed by atoms with van der Waals surface area (Å²) in [5.41, 5.74) is 0.707. The molecule has 0 aromatic heterocycles. The van der Waals surface area contributed by atoms with Crippen molar-refractivity contribution in [2.24, 2.45) is 0 Å². The first kappa shape index (κ1) is 16.6. The Hall–Kier alpha value is -1.75. The lowest BCUT2D eigenvalue weighted by Crippen LogP contribution is -2.37. The molecule has 2 rings (SSSR count). The van der Waals surface area contributed by atoms with E-state index in [1.165, 1.54) is 19.3 Å². The van der Waals surface area contributed by atoms with E-state index in [0.717, 1.165) is 25.4 Å². The molecule has 1 aliphatic rings. The number of ether oxygens (including phenoxy) is 2. The van der Waals surface area contributed by atoms with Crippen molar-refractivity contribution < 1.29 is 14.3 Å². The van der Waals surface area contributed by atoms with Gasteiger partial charge in [0, 0.05) is 12.2 Å². The Morgan fingerprint density at radius 1 is 1.23 bits per heavy atom. The van der Waals surface area contributed by atoms with Gasteiger partial charge in [0.2, 0.25) is 0 Å². The molecule has 1 atom stereocenters. The van der Waals surface area contributed by atoms with E-state index in [0.29, 0.717) is 12.3 Å². The van der Waals surface area contributed by atoms with E-state index < -0.39 is 6.09 Å². The highest BCUT2D eigenvalue weighted by Gasteiger charge is 2.16. The molecule has 1 fully saturated rings. The van der Waals surface area contributed by atoms with Crippen LogP contribution in [0.4, 0.5) is 10.5 Å². The molecule has 1 aliphatic heterocycles. The van der Waals surface area contributed by atoms with Gasteiger partial charge in [-0.05, 0) is 64.0 Å². The zero-order chi connectivity index (χ0) is 15.8. The lowest BCUT2D eigenvalue weighted by Gasteiger charge is -2.28. The number of benzene rings is 1. The van der Waals surface area contributed by atoms with Gasteiger partial charge in [-0.2, -0.15) is 0 Å². The van der Waals surface area contributed by atoms with Crippen molar-refractivity contribution in [3.63, 3.8) is 0 Å². The smallest absolute Gasteiger partial charge is 0.411 e. The van der Waals surface area contributed by atoms with Crippen LogP contribution < -0.4 is 10.1 Å². The largest absolute Gasteiger partial charge is 0.494 e. The fourth-order valence-electron chi connectivity index (χ4n) is 2.67. The molecule has 1 amide bonds. The van der Waals surface area contributed by atoms with E-state index in [1.54, 1.807) is 0 Å². The number of amides is 1. The second-order valence-electron chi connectivity index (χ2n) is 5.66. The Kier molecular flexibility index (Phi) is 6.52. The standard InChI is InChI=1S/C17H26N2O3/c1-3-21-16-9-7-15(8-10-16)18-17(20)22-14(2)13-19-11-5-4-6-12-19/h7-10,14H,3-6,11-13H2,1-2H3,(H,18,20)/t14-/m0/s1. The highest BCUT2D eigenvalue weighted by atomic mass is 16.6. The fraction of sp³-hybridized carbons (Fsp3) is 0.588. The Bertz CT molecular complexity index is 455. The zero-order valence-corrected chi connectivity index (χ0v) is 13.5. The molecule has 22 heavy (non-hydrogen) atoms. The topological polar surface area (TPSA) is 50.8 Å². The minimum Gasteiger partial charge on any atom is -0.494 e. The van der Waals surface area contributed by atoms with Crippen LogP contribution in [0.15, 0.2) is 24.3 Å². The molecule has 0 radical (unpaired) electrons. The first-order valence-corrected chi connectivity index (χ1v) is 8.10. The summed E-state index contributed by atoms with van der Waals surface area (Å²) in [6, 6.07) is 7.27. The molecule has 0 aliphatic carbocycles. The van der Waals surface area contributed by atoms with E-state index in [4.69, 9.17) is 9.47 Å². The monoisotopic (exact) mass is 306 g/mol. The molecule has 5 nitrogen and oxygen atoms in total. The maximum absolute atomic E-state index is 11.9. The SMILES string of the molecule is CCOc1ccc(NC(=O)O[C@@H](C)CN2CCCCC2)cc1. The van der Waals surface area contributed by atoms with Crippen molar-refractivity contribution in [3.8, 4) is 5.75 Å². The number of nitrogens with zero attached hydrogens (tertiary/aromatic N) is 1. The maximum Gasteiger partial charge on any atom is 0.411 e. The van der Waals surface area contributed by atoms with Crippen LogP contribution in [-0.2, 0) is 4.74 Å². The minimum atomic E-state index is -0.409. The molecule has 1 saturated heterocycles. The molecular formula is C17H26N2O3. The molecular weight excluding hydrogens is 280 g/mol. The first-order valence-electron chi connectivity index (χ1n) is 8.10. The molecule has 1 aromatic rings. The number of carbonyl (C=O) groups is 1. The predicted molar refractivity (Wildman–Crippen MR) is 87.5 cm³/mol. The van der Waals surface area contributed by atoms with Gasteiger partial charge in [0.1, 0.15) is 11.9 Å². The quantitative estimate of drug-likeness (QED) is 0.874. The summed E-state index contributed by atoms with van der Waals surface area (Å²) in [5.74, 6) is 0.792. The third-order valence-corrected chi connectivity index (χ3v) is 3.68. The summed E-state index contributed by atoms with van der Waals surface area (Å²) in [4.78, 5) is 14.3. The lowest BCUT2D eigenvalue weighted by atomic mass is 10.1. The van der Waals surface area contributed by atoms with Gasteiger partial charge in [-0.1, -0.05) is 6.42 Å². The van der Waals surface area contributed by atoms with Gasteiger partial charge >= 0.3 is 6.09 Å². The van der Waals surface area contributed by atoms with E-state index in [2.05, 4.69) is 10.2 Å². The zero-order valence-electron chi connectivity index (χ0n) is 13.5. The van der Waals surface area contributed by atoms with Crippen molar-refractivity contribution in [1.82, 2.24) is 4.90 Å². The number of nitrogens with one attached hydrogen (secondary N) is 1. The average molecular weight is 306 g/mol. The number of likely N-dealkylation sites (tertiary alicyclic amines) is 1. The van der Waals surface area contributed by atoms with Gasteiger partial charge in [0.05, 0.1) is 6.61 Å². The van der Waals surface area contributed by atoms with E-state index in [9.17, 15) is 4.79 Å². The van der Waals surface area contributed by atoms with Crippen LogP contribution in [0, 0.1) is 0 Å². The minimum absolute atomic E-state index is 0.110. The van der Waals surface area contributed by atoms with Gasteiger partial charge < -0.3 is 9.47 Å². The second-order valence-corrected chi connectivity index (χ2v) is 5.66. The maximum atomic E-state index is 11.9. The van der Waals surface area contributed by atoms with Crippen LogP contribution >= 0.6 is 0 Å². The van der Waals surface area contributed by atoms with E-state index in [-0.39, 0.29) is 6.10 Å². The number of anilines is 1. The van der Waals surface area contributed by atoms with Crippen molar-refractivity contribution >= 4 is 11.8 Å². The number of hydrogen-bond acceptors (Lipinski definition) is 4. The highest BCUT2D eigenvalue weighted by Crippen LogP contribution is 2.16. The van der Waals surface area contributed by atoms with Crippen LogP contribution in [0.2, 0.25) is 0 Å². The van der Waals surface area contributed by atoms with Crippen LogP contribution in [0.25, 0.3) is 0 Å². The third-order valence-electron chi connectivity index (χ3n) is 3.68. The lowest BCUT2D eigenvalue weighted by molar-refractivity contribution is 0.0833. The number of carbonyl (C=O) groups excluding carboxylic acids is 1. The van der Waals surface area contributed by atoms with Crippen molar-refractivity contribution in [2.75, 3.05) is 31.6 Å². The number of piperidine rings is 1. The summed E-state index contributed by atoms with van der Waals surface area (Å²) in [5, 5.41) is 2.74. The van der Waals surface area contributed by atoms with Crippen LogP contribution in [-0.4, -0.2) is 43.3 Å². The van der Waals surface area contributed by atoms with Crippen LogP contribution in [0.1, 0.15) is 33.1 Å². The Morgan fingerprint density at radius 3 is 2.55 bits per heavy atom. The molecule has 0 saturated carbocycles. The van der Waals surface area contributed by atoms with Gasteiger partial charge in [-0.25, -0.2) is 4.79 Å². The molecule has 0 spiro atoms. The van der Waals surface area contributed by atoms with Crippen molar-refractivity contribution in [2.45, 2.75) is 39.2 Å². The van der Waals surface area contributed by atoms with E-state index >= 15 is 0 Å². The number of rotatable bonds is 6. The average Bonchev–Trinajstić information content (AvgIpc) is 2.50. The first-order chi connectivity index (χ1) is 10.7. The highest BCUT2D eigenvalue weighted by molar-refractivity contribution is 5.84. The Balaban J connectivity index is 1.74. The van der Waals surface area contributed by atoms with Crippen LogP contribution in [0.3, 0.4) is 0 Å². The van der Waals surface area contributed by atoms with Gasteiger partial charge in [0.15, 0.2) is 0 Å². The fourth-order valence-corrected chi connectivity index (χ4v) is 2.67. The summed E-state index contributed by atoms with van der Waals surface area (Å²) in [6.07, 6.45) is 3.27.